The summed E-state index contributed by atoms with van der Waals surface area (Å²) in [5.74, 6) is -1.49. The highest BCUT2D eigenvalue weighted by Gasteiger charge is 2.48. The molecule has 0 bridgehead atoms. The highest BCUT2D eigenvalue weighted by Crippen LogP contribution is 2.51. The first kappa shape index (κ1) is 22.8. The molecule has 1 N–H and O–H groups in total. The zero-order chi connectivity index (χ0) is 23.5. The summed E-state index contributed by atoms with van der Waals surface area (Å²) in [7, 11) is 0. The molecule has 2 aliphatic rings. The highest BCUT2D eigenvalue weighted by molar-refractivity contribution is 5.88. The van der Waals surface area contributed by atoms with E-state index in [9.17, 15) is 14.3 Å². The maximum Gasteiger partial charge on any atom is 0.338 e. The average molecular weight is 460 g/mol. The second kappa shape index (κ2) is 9.69. The lowest BCUT2D eigenvalue weighted by molar-refractivity contribution is -0.0107. The Labute approximate surface area is 200 Å². The molecule has 1 aliphatic carbocycles. The van der Waals surface area contributed by atoms with Crippen LogP contribution in [0, 0.1) is 11.7 Å². The van der Waals surface area contributed by atoms with Gasteiger partial charge in [-0.3, -0.25) is 4.90 Å². The van der Waals surface area contributed by atoms with Crippen LogP contribution in [0.4, 0.5) is 4.39 Å². The quantitative estimate of drug-likeness (QED) is 0.447. The van der Waals surface area contributed by atoms with Crippen molar-refractivity contribution >= 4 is 5.97 Å². The van der Waals surface area contributed by atoms with Crippen LogP contribution in [0.5, 0.6) is 0 Å². The van der Waals surface area contributed by atoms with Crippen molar-refractivity contribution in [3.8, 4) is 0 Å². The van der Waals surface area contributed by atoms with E-state index >= 15 is 0 Å². The number of carboxylic acid groups (broad SMARTS) is 1. The van der Waals surface area contributed by atoms with Crippen molar-refractivity contribution in [1.29, 1.82) is 0 Å². The number of rotatable bonds is 8. The molecule has 3 aromatic carbocycles. The van der Waals surface area contributed by atoms with E-state index in [-0.39, 0.29) is 11.6 Å². The molecule has 0 unspecified atom stereocenters. The van der Waals surface area contributed by atoms with Crippen LogP contribution in [0.25, 0.3) is 0 Å². The van der Waals surface area contributed by atoms with Gasteiger partial charge in [-0.05, 0) is 61.9 Å². The summed E-state index contributed by atoms with van der Waals surface area (Å²) < 4.78 is 21.1. The summed E-state index contributed by atoms with van der Waals surface area (Å²) in [6.45, 7) is 2.52. The van der Waals surface area contributed by atoms with Crippen LogP contribution >= 0.6 is 0 Å². The number of hydrogen-bond acceptors (Lipinski definition) is 3. The predicted molar refractivity (Wildman–Crippen MR) is 129 cm³/mol. The Kier molecular flexibility index (Phi) is 6.48. The lowest BCUT2D eigenvalue weighted by atomic mass is 9.91. The van der Waals surface area contributed by atoms with Gasteiger partial charge in [-0.1, -0.05) is 72.8 Å². The van der Waals surface area contributed by atoms with E-state index in [4.69, 9.17) is 4.74 Å². The number of carboxylic acids is 1. The van der Waals surface area contributed by atoms with Crippen LogP contribution in [0.2, 0.25) is 0 Å². The van der Waals surface area contributed by atoms with Crippen molar-refractivity contribution in [1.82, 2.24) is 4.90 Å². The fourth-order valence-electron chi connectivity index (χ4n) is 5.19. The van der Waals surface area contributed by atoms with Crippen molar-refractivity contribution < 1.29 is 19.0 Å². The Morgan fingerprint density at radius 3 is 2.06 bits per heavy atom. The summed E-state index contributed by atoms with van der Waals surface area (Å²) in [5.41, 5.74) is 2.04. The summed E-state index contributed by atoms with van der Waals surface area (Å²) in [5, 5.41) is 9.26. The first-order valence-electron chi connectivity index (χ1n) is 12.1. The molecule has 0 spiro atoms. The van der Waals surface area contributed by atoms with Gasteiger partial charge in [-0.2, -0.15) is 0 Å². The minimum absolute atomic E-state index is 0.229. The van der Waals surface area contributed by atoms with Crippen LogP contribution in [-0.4, -0.2) is 35.7 Å². The molecule has 1 heterocycles. The zero-order valence-corrected chi connectivity index (χ0v) is 19.2. The molecule has 3 aromatic rings. The first-order chi connectivity index (χ1) is 16.6. The fourth-order valence-corrected chi connectivity index (χ4v) is 5.19. The molecule has 176 valence electrons. The molecular weight excluding hydrogens is 429 g/mol. The van der Waals surface area contributed by atoms with Gasteiger partial charge >= 0.3 is 5.97 Å². The normalized spacial score (nSPS) is 18.2. The van der Waals surface area contributed by atoms with E-state index in [2.05, 4.69) is 65.6 Å². The Bertz CT molecular complexity index is 1080. The minimum Gasteiger partial charge on any atom is -0.478 e. The van der Waals surface area contributed by atoms with Crippen molar-refractivity contribution in [2.45, 2.75) is 37.3 Å². The Balaban J connectivity index is 1.24. The molecule has 1 saturated carbocycles. The third-order valence-corrected chi connectivity index (χ3v) is 7.26. The topological polar surface area (TPSA) is 49.8 Å². The maximum atomic E-state index is 14.8. The number of aromatic carboxylic acids is 1. The maximum absolute atomic E-state index is 14.8. The molecule has 1 aliphatic heterocycles. The van der Waals surface area contributed by atoms with Crippen molar-refractivity contribution in [3.63, 3.8) is 0 Å². The fraction of sp³-hybridized carbons (Fsp3) is 0.345. The smallest absolute Gasteiger partial charge is 0.338 e. The standard InChI is InChI=1S/C29H30FNO3/c30-26-24(28(32)33)12-7-13-25(26)29(16-17-29)34-20-21-14-18-31(19-15-21)27(22-8-3-1-4-9-22)23-10-5-2-6-11-23/h1-13,21,27H,14-20H2,(H,32,33). The molecular formula is C29H30FNO3. The second-order valence-corrected chi connectivity index (χ2v) is 9.48. The van der Waals surface area contributed by atoms with E-state index < -0.39 is 17.4 Å². The largest absolute Gasteiger partial charge is 0.478 e. The molecule has 34 heavy (non-hydrogen) atoms. The SMILES string of the molecule is O=C(O)c1cccc(C2(OCC3CCN(C(c4ccccc4)c4ccccc4)CC3)CC2)c1F. The van der Waals surface area contributed by atoms with Gasteiger partial charge in [-0.15, -0.1) is 0 Å². The number of nitrogens with zero attached hydrogens (tertiary/aromatic N) is 1. The third-order valence-electron chi connectivity index (χ3n) is 7.26. The average Bonchev–Trinajstić information content (AvgIpc) is 3.66. The second-order valence-electron chi connectivity index (χ2n) is 9.48. The van der Waals surface area contributed by atoms with Crippen molar-refractivity contribution in [3.05, 3.63) is 107 Å². The van der Waals surface area contributed by atoms with Gasteiger partial charge in [0.2, 0.25) is 0 Å². The van der Waals surface area contributed by atoms with Gasteiger partial charge in [0.1, 0.15) is 5.82 Å². The van der Waals surface area contributed by atoms with Gasteiger partial charge in [0, 0.05) is 5.56 Å². The molecule has 5 heteroatoms. The van der Waals surface area contributed by atoms with Crippen LogP contribution in [0.1, 0.15) is 58.8 Å². The van der Waals surface area contributed by atoms with E-state index in [1.54, 1.807) is 12.1 Å². The minimum atomic E-state index is -1.24. The lowest BCUT2D eigenvalue weighted by Gasteiger charge is -2.38. The number of piperidine rings is 1. The van der Waals surface area contributed by atoms with Gasteiger partial charge in [-0.25, -0.2) is 9.18 Å². The third kappa shape index (κ3) is 4.63. The number of likely N-dealkylation sites (tertiary alicyclic amines) is 1. The summed E-state index contributed by atoms with van der Waals surface area (Å²) in [6, 6.07) is 26.1. The first-order valence-corrected chi connectivity index (χ1v) is 12.1. The van der Waals surface area contributed by atoms with Crippen LogP contribution in [-0.2, 0) is 10.3 Å². The monoisotopic (exact) mass is 459 g/mol. The molecule has 0 amide bonds. The molecule has 0 radical (unpaired) electrons. The van der Waals surface area contributed by atoms with Gasteiger partial charge in [0.05, 0.1) is 23.8 Å². The Morgan fingerprint density at radius 2 is 1.53 bits per heavy atom. The van der Waals surface area contributed by atoms with E-state index in [0.29, 0.717) is 18.1 Å². The summed E-state index contributed by atoms with van der Waals surface area (Å²) in [6.07, 6.45) is 3.50. The van der Waals surface area contributed by atoms with Crippen LogP contribution < -0.4 is 0 Å². The molecule has 5 rings (SSSR count). The van der Waals surface area contributed by atoms with Gasteiger partial charge in [0.15, 0.2) is 0 Å². The molecule has 1 saturated heterocycles. The number of hydrogen-bond donors (Lipinski definition) is 1. The van der Waals surface area contributed by atoms with Crippen LogP contribution in [0.3, 0.4) is 0 Å². The number of halogens is 1. The van der Waals surface area contributed by atoms with Crippen LogP contribution in [0.15, 0.2) is 78.9 Å². The molecule has 0 aromatic heterocycles. The van der Waals surface area contributed by atoms with Crippen molar-refractivity contribution in [2.24, 2.45) is 5.92 Å². The zero-order valence-electron chi connectivity index (χ0n) is 19.2. The Hall–Kier alpha value is -3.02. The lowest BCUT2D eigenvalue weighted by Crippen LogP contribution is -2.38. The number of benzene rings is 3. The van der Waals surface area contributed by atoms with Gasteiger partial charge in [0.25, 0.3) is 0 Å². The van der Waals surface area contributed by atoms with E-state index in [0.717, 1.165) is 38.8 Å². The van der Waals surface area contributed by atoms with E-state index in [1.807, 2.05) is 0 Å². The highest BCUT2D eigenvalue weighted by atomic mass is 19.1. The van der Waals surface area contributed by atoms with Gasteiger partial charge < -0.3 is 9.84 Å². The number of ether oxygens (including phenoxy) is 1. The molecule has 2 fully saturated rings. The van der Waals surface area contributed by atoms with E-state index in [1.165, 1.54) is 17.2 Å². The Morgan fingerprint density at radius 1 is 0.941 bits per heavy atom. The predicted octanol–water partition coefficient (Wildman–Crippen LogP) is 6.03. The summed E-state index contributed by atoms with van der Waals surface area (Å²) in [4.78, 5) is 13.9. The summed E-state index contributed by atoms with van der Waals surface area (Å²) >= 11 is 0. The number of carbonyl (C=O) groups is 1. The molecule has 0 atom stereocenters. The van der Waals surface area contributed by atoms with Crippen molar-refractivity contribution in [2.75, 3.05) is 19.7 Å². The molecule has 4 nitrogen and oxygen atoms in total.